The van der Waals surface area contributed by atoms with Gasteiger partial charge in [0.15, 0.2) is 0 Å². The number of aliphatic hydroxyl groups excluding tert-OH is 2. The van der Waals surface area contributed by atoms with Gasteiger partial charge in [-0.1, -0.05) is 256 Å². The van der Waals surface area contributed by atoms with E-state index >= 15 is 0 Å². The van der Waals surface area contributed by atoms with Crippen LogP contribution in [0.25, 0.3) is 0 Å². The lowest BCUT2D eigenvalue weighted by Crippen LogP contribution is -2.45. The summed E-state index contributed by atoms with van der Waals surface area (Å²) in [7, 11) is 0. The molecule has 372 valence electrons. The fraction of sp³-hybridized carbons (Fsp3) is 0.895. The van der Waals surface area contributed by atoms with E-state index in [-0.39, 0.29) is 18.5 Å². The number of hydrogen-bond donors (Lipinski definition) is 3. The molecule has 1 amide bonds. The highest BCUT2D eigenvalue weighted by Crippen LogP contribution is 2.16. The third kappa shape index (κ3) is 49.6. The standard InChI is InChI=1S/C57H109NO5/c1-3-5-7-9-11-13-15-17-18-19-20-21-24-27-31-35-39-43-47-51-57(62)63-52-48-44-40-36-32-28-25-22-23-26-30-34-38-42-46-50-56(61)58-54(53-59)55(60)49-45-41-37-33-29-16-14-12-10-8-6-4-2/h25,28,45,49,54-55,59-60H,3-24,26-27,29-44,46-48,50-53H2,1-2H3,(H,58,61)/b28-25-,49-45+. The van der Waals surface area contributed by atoms with E-state index in [0.717, 1.165) is 70.6 Å². The smallest absolute Gasteiger partial charge is 0.305 e. The fourth-order valence-corrected chi connectivity index (χ4v) is 8.63. The summed E-state index contributed by atoms with van der Waals surface area (Å²) in [6.45, 7) is 4.87. The summed E-state index contributed by atoms with van der Waals surface area (Å²) in [6, 6.07) is -0.638. The van der Waals surface area contributed by atoms with Crippen LogP contribution in [0.3, 0.4) is 0 Å². The van der Waals surface area contributed by atoms with E-state index in [1.807, 2.05) is 6.08 Å². The summed E-state index contributed by atoms with van der Waals surface area (Å²) in [5.41, 5.74) is 0. The van der Waals surface area contributed by atoms with Gasteiger partial charge in [0.05, 0.1) is 25.4 Å². The van der Waals surface area contributed by atoms with Gasteiger partial charge in [0.2, 0.25) is 5.91 Å². The van der Waals surface area contributed by atoms with Crippen LogP contribution in [0, 0.1) is 0 Å². The number of rotatable bonds is 52. The summed E-state index contributed by atoms with van der Waals surface area (Å²) < 4.78 is 5.48. The number of aliphatic hydroxyl groups is 2. The summed E-state index contributed by atoms with van der Waals surface area (Å²) in [4.78, 5) is 24.5. The second kappa shape index (κ2) is 53.0. The molecule has 0 aromatic heterocycles. The van der Waals surface area contributed by atoms with E-state index in [2.05, 4.69) is 31.3 Å². The van der Waals surface area contributed by atoms with Crippen molar-refractivity contribution in [2.75, 3.05) is 13.2 Å². The normalized spacial score (nSPS) is 12.8. The first-order valence-electron chi connectivity index (χ1n) is 28.1. The Morgan fingerprint density at radius 1 is 0.429 bits per heavy atom. The first kappa shape index (κ1) is 61.3. The lowest BCUT2D eigenvalue weighted by Gasteiger charge is -2.20. The Morgan fingerprint density at radius 2 is 0.746 bits per heavy atom. The molecular formula is C57H109NO5. The third-order valence-electron chi connectivity index (χ3n) is 13.0. The molecule has 0 fully saturated rings. The zero-order valence-corrected chi connectivity index (χ0v) is 42.3. The molecule has 0 spiro atoms. The van der Waals surface area contributed by atoms with Crippen molar-refractivity contribution in [3.63, 3.8) is 0 Å². The van der Waals surface area contributed by atoms with Gasteiger partial charge in [0.25, 0.3) is 0 Å². The fourth-order valence-electron chi connectivity index (χ4n) is 8.63. The van der Waals surface area contributed by atoms with Crippen LogP contribution >= 0.6 is 0 Å². The molecule has 0 aliphatic heterocycles. The Labute approximate surface area is 392 Å². The molecule has 2 unspecified atom stereocenters. The highest BCUT2D eigenvalue weighted by molar-refractivity contribution is 5.76. The number of carbonyl (C=O) groups is 2. The molecule has 6 nitrogen and oxygen atoms in total. The van der Waals surface area contributed by atoms with Crippen LogP contribution in [0.15, 0.2) is 24.3 Å². The van der Waals surface area contributed by atoms with E-state index in [4.69, 9.17) is 4.74 Å². The first-order valence-corrected chi connectivity index (χ1v) is 28.1. The number of unbranched alkanes of at least 4 members (excludes halogenated alkanes) is 39. The summed E-state index contributed by atoms with van der Waals surface area (Å²) >= 11 is 0. The summed E-state index contributed by atoms with van der Waals surface area (Å²) in [5, 5.41) is 23.0. The molecule has 3 N–H and O–H groups in total. The molecule has 0 aromatic carbocycles. The predicted molar refractivity (Wildman–Crippen MR) is 273 cm³/mol. The van der Waals surface area contributed by atoms with Crippen LogP contribution in [0.4, 0.5) is 0 Å². The minimum absolute atomic E-state index is 0.00663. The number of amides is 1. The first-order chi connectivity index (χ1) is 31.0. The molecule has 0 aromatic rings. The molecule has 0 heterocycles. The van der Waals surface area contributed by atoms with Crippen molar-refractivity contribution in [3.05, 3.63) is 24.3 Å². The van der Waals surface area contributed by atoms with Crippen molar-refractivity contribution in [3.8, 4) is 0 Å². The number of carbonyl (C=O) groups excluding carboxylic acids is 2. The number of nitrogens with one attached hydrogen (secondary N) is 1. The molecule has 6 heteroatoms. The van der Waals surface area contributed by atoms with Crippen LogP contribution in [-0.2, 0) is 14.3 Å². The van der Waals surface area contributed by atoms with E-state index in [0.29, 0.717) is 19.4 Å². The van der Waals surface area contributed by atoms with Gasteiger partial charge < -0.3 is 20.3 Å². The van der Waals surface area contributed by atoms with E-state index < -0.39 is 12.1 Å². The quantitative estimate of drug-likeness (QED) is 0.0321. The molecule has 63 heavy (non-hydrogen) atoms. The van der Waals surface area contributed by atoms with Crippen molar-refractivity contribution in [2.45, 2.75) is 315 Å². The largest absolute Gasteiger partial charge is 0.466 e. The van der Waals surface area contributed by atoms with Gasteiger partial charge in [0.1, 0.15) is 0 Å². The highest BCUT2D eigenvalue weighted by Gasteiger charge is 2.18. The van der Waals surface area contributed by atoms with E-state index in [9.17, 15) is 19.8 Å². The SMILES string of the molecule is CCCCCCCCCCCC/C=C/C(O)C(CO)NC(=O)CCCCCCCCC/C=C\CCCCCCOC(=O)CCCCCCCCCCCCCCCCCCCCC. The predicted octanol–water partition coefficient (Wildman–Crippen LogP) is 17.1. The summed E-state index contributed by atoms with van der Waals surface area (Å²) in [6.07, 6.45) is 63.4. The van der Waals surface area contributed by atoms with Gasteiger partial charge in [-0.05, 0) is 57.8 Å². The Balaban J connectivity index is 3.45. The molecule has 0 aliphatic carbocycles. The number of ether oxygens (including phenoxy) is 1. The lowest BCUT2D eigenvalue weighted by atomic mass is 10.0. The van der Waals surface area contributed by atoms with Crippen molar-refractivity contribution in [1.29, 1.82) is 0 Å². The number of allylic oxidation sites excluding steroid dienone is 3. The van der Waals surface area contributed by atoms with Gasteiger partial charge in [-0.3, -0.25) is 9.59 Å². The molecule has 0 rings (SSSR count). The van der Waals surface area contributed by atoms with Crippen molar-refractivity contribution >= 4 is 11.9 Å². The number of esters is 1. The minimum atomic E-state index is -0.853. The average molecular weight is 889 g/mol. The molecule has 0 radical (unpaired) electrons. The maximum atomic E-state index is 12.4. The number of hydrogen-bond acceptors (Lipinski definition) is 5. The van der Waals surface area contributed by atoms with Crippen molar-refractivity contribution in [1.82, 2.24) is 5.32 Å². The van der Waals surface area contributed by atoms with E-state index in [1.165, 1.54) is 205 Å². The Morgan fingerprint density at radius 3 is 1.13 bits per heavy atom. The van der Waals surface area contributed by atoms with Gasteiger partial charge in [-0.2, -0.15) is 0 Å². The van der Waals surface area contributed by atoms with Crippen LogP contribution in [0.5, 0.6) is 0 Å². The maximum absolute atomic E-state index is 12.4. The molecule has 2 atom stereocenters. The zero-order valence-electron chi connectivity index (χ0n) is 42.3. The second-order valence-electron chi connectivity index (χ2n) is 19.3. The molecule has 0 aliphatic rings. The van der Waals surface area contributed by atoms with Crippen molar-refractivity contribution < 1.29 is 24.5 Å². The van der Waals surface area contributed by atoms with Gasteiger partial charge in [-0.25, -0.2) is 0 Å². The lowest BCUT2D eigenvalue weighted by molar-refractivity contribution is -0.143. The molecule has 0 saturated carbocycles. The average Bonchev–Trinajstić information content (AvgIpc) is 3.28. The van der Waals surface area contributed by atoms with Crippen LogP contribution < -0.4 is 5.32 Å². The zero-order chi connectivity index (χ0) is 45.8. The van der Waals surface area contributed by atoms with Crippen LogP contribution in [0.1, 0.15) is 303 Å². The monoisotopic (exact) mass is 888 g/mol. The molecule has 0 saturated heterocycles. The van der Waals surface area contributed by atoms with Gasteiger partial charge in [-0.15, -0.1) is 0 Å². The van der Waals surface area contributed by atoms with Crippen LogP contribution in [-0.4, -0.2) is 47.4 Å². The van der Waals surface area contributed by atoms with Crippen molar-refractivity contribution in [2.24, 2.45) is 0 Å². The van der Waals surface area contributed by atoms with E-state index in [1.54, 1.807) is 6.08 Å². The second-order valence-corrected chi connectivity index (χ2v) is 19.3. The minimum Gasteiger partial charge on any atom is -0.466 e. The highest BCUT2D eigenvalue weighted by atomic mass is 16.5. The Bertz CT molecular complexity index is 982. The van der Waals surface area contributed by atoms with Gasteiger partial charge in [0, 0.05) is 12.8 Å². The Kier molecular flexibility index (Phi) is 51.6. The molecular weight excluding hydrogens is 779 g/mol. The van der Waals surface area contributed by atoms with Crippen LogP contribution in [0.2, 0.25) is 0 Å². The molecule has 0 bridgehead atoms. The topological polar surface area (TPSA) is 95.9 Å². The Hall–Kier alpha value is -1.66. The third-order valence-corrected chi connectivity index (χ3v) is 13.0. The van der Waals surface area contributed by atoms with Gasteiger partial charge >= 0.3 is 5.97 Å². The maximum Gasteiger partial charge on any atom is 0.305 e. The summed E-state index contributed by atoms with van der Waals surface area (Å²) in [5.74, 6) is -0.0900.